The molecule has 8 heteroatoms. The Hall–Kier alpha value is -1.54. The lowest BCUT2D eigenvalue weighted by Crippen LogP contribution is -2.15. The summed E-state index contributed by atoms with van der Waals surface area (Å²) in [5, 5.41) is 3.17. The maximum absolute atomic E-state index is 11.7. The quantitative estimate of drug-likeness (QED) is 0.277. The molecule has 110 valence electrons. The van der Waals surface area contributed by atoms with E-state index in [2.05, 4.69) is 9.44 Å². The van der Waals surface area contributed by atoms with Crippen molar-refractivity contribution in [2.45, 2.75) is 18.7 Å². The number of rotatable bonds is 4. The summed E-state index contributed by atoms with van der Waals surface area (Å²) >= 11 is 0.972. The van der Waals surface area contributed by atoms with E-state index in [1.807, 2.05) is 19.1 Å². The highest BCUT2D eigenvalue weighted by atomic mass is 32.2. The van der Waals surface area contributed by atoms with Gasteiger partial charge in [-0.2, -0.15) is 8.42 Å². The molecule has 1 aromatic carbocycles. The van der Waals surface area contributed by atoms with Crippen LogP contribution in [0.15, 0.2) is 34.3 Å². The summed E-state index contributed by atoms with van der Waals surface area (Å²) in [5.41, 5.74) is 1.07. The second kappa shape index (κ2) is 7.30. The van der Waals surface area contributed by atoms with Crippen molar-refractivity contribution in [3.8, 4) is 0 Å². The summed E-state index contributed by atoms with van der Waals surface area (Å²) in [5.74, 6) is -0.735. The number of benzene rings is 1. The number of hydrogen-bond donors (Lipinski definition) is 0. The molecule has 0 fully saturated rings. The molecule has 0 aliphatic heterocycles. The summed E-state index contributed by atoms with van der Waals surface area (Å²) in [6, 6.07) is 7.30. The zero-order valence-corrected chi connectivity index (χ0v) is 13.0. The molecule has 0 saturated carbocycles. The van der Waals surface area contributed by atoms with E-state index in [-0.39, 0.29) is 11.7 Å². The minimum atomic E-state index is -3.78. The highest BCUT2D eigenvalue weighted by molar-refractivity contribution is 8.15. The summed E-state index contributed by atoms with van der Waals surface area (Å²) in [4.78, 5) is 12.4. The Kier molecular flexibility index (Phi) is 6.03. The maximum Gasteiger partial charge on any atom is 0.367 e. The van der Waals surface area contributed by atoms with Crippen LogP contribution >= 0.6 is 11.8 Å². The van der Waals surface area contributed by atoms with Crippen molar-refractivity contribution in [1.29, 1.82) is 0 Å². The van der Waals surface area contributed by atoms with Gasteiger partial charge in [-0.3, -0.25) is 4.28 Å². The topological polar surface area (TPSA) is 82.0 Å². The van der Waals surface area contributed by atoms with E-state index in [4.69, 9.17) is 4.74 Å². The second-order valence-electron chi connectivity index (χ2n) is 3.81. The lowest BCUT2D eigenvalue weighted by atomic mass is 10.2. The molecule has 0 unspecified atom stereocenters. The number of oxime groups is 1. The molecule has 20 heavy (non-hydrogen) atoms. The van der Waals surface area contributed by atoms with Gasteiger partial charge in [0.2, 0.25) is 5.04 Å². The Morgan fingerprint density at radius 3 is 2.40 bits per heavy atom. The van der Waals surface area contributed by atoms with Crippen molar-refractivity contribution < 1.29 is 22.2 Å². The van der Waals surface area contributed by atoms with Gasteiger partial charge in [-0.25, -0.2) is 4.79 Å². The highest BCUT2D eigenvalue weighted by Gasteiger charge is 2.17. The Labute approximate surface area is 122 Å². The number of carbonyl (C=O) groups excluding carboxylic acids is 1. The number of hydrogen-bond acceptors (Lipinski definition) is 7. The van der Waals surface area contributed by atoms with Crippen molar-refractivity contribution in [2.75, 3.05) is 12.9 Å². The van der Waals surface area contributed by atoms with Crippen LogP contribution in [0.2, 0.25) is 0 Å². The highest BCUT2D eigenvalue weighted by Crippen LogP contribution is 2.21. The van der Waals surface area contributed by atoms with Crippen LogP contribution in [0.5, 0.6) is 0 Å². The second-order valence-corrected chi connectivity index (χ2v) is 6.43. The molecule has 0 atom stereocenters. The molecule has 0 amide bonds. The van der Waals surface area contributed by atoms with Gasteiger partial charge in [-0.05, 0) is 26.0 Å². The summed E-state index contributed by atoms with van der Waals surface area (Å²) in [7, 11) is -3.78. The molecule has 0 saturated heterocycles. The van der Waals surface area contributed by atoms with Crippen LogP contribution < -0.4 is 0 Å². The third-order valence-electron chi connectivity index (χ3n) is 1.94. The molecule has 0 aromatic heterocycles. The van der Waals surface area contributed by atoms with E-state index >= 15 is 0 Å². The van der Waals surface area contributed by atoms with Crippen molar-refractivity contribution >= 4 is 32.9 Å². The monoisotopic (exact) mass is 317 g/mol. The Balaban J connectivity index is 2.92. The molecule has 0 aliphatic rings. The number of ether oxygens (including phenoxy) is 1. The average Bonchev–Trinajstić information content (AvgIpc) is 2.36. The summed E-state index contributed by atoms with van der Waals surface area (Å²) in [6.45, 7) is 3.73. The lowest BCUT2D eigenvalue weighted by molar-refractivity contribution is -0.134. The van der Waals surface area contributed by atoms with Gasteiger partial charge in [-0.15, -0.1) is 0 Å². The van der Waals surface area contributed by atoms with Gasteiger partial charge in [-0.1, -0.05) is 34.6 Å². The van der Waals surface area contributed by atoms with Gasteiger partial charge in [0.25, 0.3) is 0 Å². The Morgan fingerprint density at radius 2 is 1.90 bits per heavy atom. The smallest absolute Gasteiger partial charge is 0.367 e. The van der Waals surface area contributed by atoms with Crippen molar-refractivity contribution in [1.82, 2.24) is 0 Å². The first-order chi connectivity index (χ1) is 9.31. The first kappa shape index (κ1) is 16.5. The molecule has 1 aromatic rings. The molecular formula is C12H15NO5S2. The zero-order valence-electron chi connectivity index (χ0n) is 11.3. The van der Waals surface area contributed by atoms with Gasteiger partial charge in [0.15, 0.2) is 0 Å². The van der Waals surface area contributed by atoms with E-state index in [1.54, 1.807) is 19.1 Å². The van der Waals surface area contributed by atoms with Gasteiger partial charge >= 0.3 is 16.1 Å². The molecule has 0 heterocycles. The molecule has 0 radical (unpaired) electrons. The fraction of sp³-hybridized carbons (Fsp3) is 0.333. The largest absolute Gasteiger partial charge is 0.461 e. The standard InChI is InChI=1S/C12H15NO5S2/c1-4-17-12(14)11(13-18-20(3,15)16)19-10-7-5-9(2)6-8-10/h5-8H,4H2,1-3H3. The van der Waals surface area contributed by atoms with Crippen LogP contribution in [0.25, 0.3) is 0 Å². The van der Waals surface area contributed by atoms with Crippen LogP contribution in [0, 0.1) is 6.92 Å². The minimum absolute atomic E-state index is 0.158. The molecule has 6 nitrogen and oxygen atoms in total. The zero-order chi connectivity index (χ0) is 15.2. The Morgan fingerprint density at radius 1 is 1.30 bits per heavy atom. The van der Waals surface area contributed by atoms with E-state index in [9.17, 15) is 13.2 Å². The molecule has 0 N–H and O–H groups in total. The third kappa shape index (κ3) is 6.07. The number of carbonyl (C=O) groups is 1. The van der Waals surface area contributed by atoms with E-state index in [0.717, 1.165) is 28.5 Å². The van der Waals surface area contributed by atoms with Crippen LogP contribution in [-0.4, -0.2) is 32.3 Å². The third-order valence-corrected chi connectivity index (χ3v) is 3.23. The SMILES string of the molecule is CCOC(=O)C(=NOS(C)(=O)=O)Sc1ccc(C)cc1. The van der Waals surface area contributed by atoms with Crippen LogP contribution in [0.4, 0.5) is 0 Å². The Bertz CT molecular complexity index is 593. The predicted octanol–water partition coefficient (Wildman–Crippen LogP) is 1.94. The fourth-order valence-electron chi connectivity index (χ4n) is 1.11. The van der Waals surface area contributed by atoms with E-state index in [0.29, 0.717) is 0 Å². The first-order valence-corrected chi connectivity index (χ1v) is 8.33. The lowest BCUT2D eigenvalue weighted by Gasteiger charge is -2.05. The number of thioether (sulfide) groups is 1. The number of aryl methyl sites for hydroxylation is 1. The molecular weight excluding hydrogens is 302 g/mol. The molecule has 0 bridgehead atoms. The van der Waals surface area contributed by atoms with Gasteiger partial charge < -0.3 is 4.74 Å². The molecule has 1 rings (SSSR count). The normalized spacial score (nSPS) is 12.1. The summed E-state index contributed by atoms with van der Waals surface area (Å²) < 4.78 is 30.9. The maximum atomic E-state index is 11.7. The van der Waals surface area contributed by atoms with Crippen molar-refractivity contribution in [3.63, 3.8) is 0 Å². The molecule has 0 aliphatic carbocycles. The van der Waals surface area contributed by atoms with Crippen molar-refractivity contribution in [3.05, 3.63) is 29.8 Å². The van der Waals surface area contributed by atoms with E-state index in [1.165, 1.54) is 0 Å². The fourth-order valence-corrected chi connectivity index (χ4v) is 2.08. The number of nitrogens with zero attached hydrogens (tertiary/aromatic N) is 1. The summed E-state index contributed by atoms with van der Waals surface area (Å²) in [6.07, 6.45) is 0.843. The van der Waals surface area contributed by atoms with Gasteiger partial charge in [0, 0.05) is 4.90 Å². The van der Waals surface area contributed by atoms with Crippen LogP contribution in [0.3, 0.4) is 0 Å². The number of esters is 1. The molecule has 0 spiro atoms. The van der Waals surface area contributed by atoms with Gasteiger partial charge in [0.1, 0.15) is 0 Å². The van der Waals surface area contributed by atoms with Gasteiger partial charge in [0.05, 0.1) is 12.9 Å². The first-order valence-electron chi connectivity index (χ1n) is 5.70. The van der Waals surface area contributed by atoms with Crippen molar-refractivity contribution in [2.24, 2.45) is 5.16 Å². The van der Waals surface area contributed by atoms with Crippen LogP contribution in [-0.2, 0) is 23.9 Å². The minimum Gasteiger partial charge on any atom is -0.461 e. The average molecular weight is 317 g/mol. The van der Waals surface area contributed by atoms with E-state index < -0.39 is 16.1 Å². The van der Waals surface area contributed by atoms with Crippen LogP contribution in [0.1, 0.15) is 12.5 Å². The predicted molar refractivity (Wildman–Crippen MR) is 77.0 cm³/mol.